The molecule has 0 N–H and O–H groups in total. The van der Waals surface area contributed by atoms with Crippen LogP contribution >= 0.6 is 34.2 Å². The monoisotopic (exact) mass is 482 g/mol. The Morgan fingerprint density at radius 2 is 1.41 bits per heavy atom. The third-order valence-corrected chi connectivity index (χ3v) is 5.30. The molecule has 0 spiro atoms. The number of halogens is 2. The fourth-order valence-electron chi connectivity index (χ4n) is 3.33. The number of hydrogen-bond acceptors (Lipinski definition) is 3. The average Bonchev–Trinajstić information content (AvgIpc) is 3.02. The lowest BCUT2D eigenvalue weighted by atomic mass is 10.2. The van der Waals surface area contributed by atoms with Gasteiger partial charge in [0.05, 0.1) is 11.0 Å². The van der Waals surface area contributed by atoms with Gasteiger partial charge in [-0.15, -0.1) is 0 Å². The Morgan fingerprint density at radius 3 is 2.07 bits per heavy atom. The van der Waals surface area contributed by atoms with Gasteiger partial charge in [-0.25, -0.2) is 0 Å². The quantitative estimate of drug-likeness (QED) is 0.295. The molecule has 0 aliphatic rings. The number of benzene rings is 3. The van der Waals surface area contributed by atoms with Crippen molar-refractivity contribution in [2.24, 2.45) is 0 Å². The molecule has 0 saturated heterocycles. The predicted molar refractivity (Wildman–Crippen MR) is 117 cm³/mol. The van der Waals surface area contributed by atoms with E-state index in [1.165, 1.54) is 0 Å². The molecule has 0 unspecified atom stereocenters. The van der Waals surface area contributed by atoms with Crippen LogP contribution in [-0.2, 0) is 0 Å². The van der Waals surface area contributed by atoms with Gasteiger partial charge in [0.1, 0.15) is 0 Å². The van der Waals surface area contributed by atoms with Crippen LogP contribution in [0.1, 0.15) is 0 Å². The van der Waals surface area contributed by atoms with Crippen molar-refractivity contribution in [2.45, 2.75) is 0 Å². The summed E-state index contributed by atoms with van der Waals surface area (Å²) < 4.78 is 3.15. The van der Waals surface area contributed by atoms with Crippen LogP contribution in [0.25, 0.3) is 39.1 Å². The minimum atomic E-state index is 0.177. The summed E-state index contributed by atoms with van der Waals surface area (Å²) in [6.07, 6.45) is 0. The highest BCUT2D eigenvalue weighted by Crippen LogP contribution is 2.31. The van der Waals surface area contributed by atoms with Crippen LogP contribution in [0.15, 0.2) is 72.8 Å². The first-order valence-corrected chi connectivity index (χ1v) is 9.82. The largest absolute Gasteiger partial charge is 0.278 e. The SMILES string of the molecule is Clc1nc(-c2cccc(I)c2)nc(-n2c3ccccc3c3ccccc32)n1. The minimum absolute atomic E-state index is 0.177. The van der Waals surface area contributed by atoms with Crippen molar-refractivity contribution in [1.29, 1.82) is 0 Å². The van der Waals surface area contributed by atoms with Gasteiger partial charge in [-0.3, -0.25) is 4.57 Å². The summed E-state index contributed by atoms with van der Waals surface area (Å²) >= 11 is 8.56. The molecule has 0 bridgehead atoms. The first kappa shape index (κ1) is 16.6. The highest BCUT2D eigenvalue weighted by Gasteiger charge is 2.15. The van der Waals surface area contributed by atoms with Crippen LogP contribution in [0.3, 0.4) is 0 Å². The van der Waals surface area contributed by atoms with E-state index in [9.17, 15) is 0 Å². The molecule has 2 aromatic heterocycles. The topological polar surface area (TPSA) is 43.6 Å². The fourth-order valence-corrected chi connectivity index (χ4v) is 4.03. The first-order chi connectivity index (χ1) is 13.2. The molecule has 0 aliphatic carbocycles. The van der Waals surface area contributed by atoms with E-state index in [-0.39, 0.29) is 5.28 Å². The van der Waals surface area contributed by atoms with Crippen LogP contribution in [0.5, 0.6) is 0 Å². The maximum absolute atomic E-state index is 6.28. The van der Waals surface area contributed by atoms with Gasteiger partial charge in [0.15, 0.2) is 5.82 Å². The summed E-state index contributed by atoms with van der Waals surface area (Å²) in [6.45, 7) is 0. The van der Waals surface area contributed by atoms with E-state index in [2.05, 4.69) is 56.8 Å². The predicted octanol–water partition coefficient (Wildman–Crippen LogP) is 5.89. The lowest BCUT2D eigenvalue weighted by Gasteiger charge is -2.08. The van der Waals surface area contributed by atoms with Gasteiger partial charge in [-0.05, 0) is 58.5 Å². The van der Waals surface area contributed by atoms with Crippen LogP contribution < -0.4 is 0 Å². The Labute approximate surface area is 174 Å². The smallest absolute Gasteiger partial charge is 0.239 e. The molecule has 0 saturated carbocycles. The zero-order chi connectivity index (χ0) is 18.4. The van der Waals surface area contributed by atoms with E-state index in [0.717, 1.165) is 30.9 Å². The first-order valence-electron chi connectivity index (χ1n) is 8.37. The summed E-state index contributed by atoms with van der Waals surface area (Å²) in [7, 11) is 0. The highest BCUT2D eigenvalue weighted by atomic mass is 127. The maximum Gasteiger partial charge on any atom is 0.239 e. The normalized spacial score (nSPS) is 11.3. The van der Waals surface area contributed by atoms with Gasteiger partial charge in [0.25, 0.3) is 0 Å². The Morgan fingerprint density at radius 1 is 0.741 bits per heavy atom. The number of aromatic nitrogens is 4. The Bertz CT molecular complexity index is 1260. The Kier molecular flexibility index (Phi) is 4.06. The molecule has 0 fully saturated rings. The molecule has 130 valence electrons. The maximum atomic E-state index is 6.28. The zero-order valence-electron chi connectivity index (χ0n) is 14.0. The van der Waals surface area contributed by atoms with E-state index in [4.69, 9.17) is 16.6 Å². The summed E-state index contributed by atoms with van der Waals surface area (Å²) in [5.74, 6) is 1.08. The third-order valence-electron chi connectivity index (χ3n) is 4.46. The van der Waals surface area contributed by atoms with Crippen molar-refractivity contribution in [3.63, 3.8) is 0 Å². The van der Waals surface area contributed by atoms with Crippen molar-refractivity contribution in [2.75, 3.05) is 0 Å². The van der Waals surface area contributed by atoms with E-state index >= 15 is 0 Å². The molecular formula is C21H12ClIN4. The molecule has 27 heavy (non-hydrogen) atoms. The van der Waals surface area contributed by atoms with Gasteiger partial charge in [-0.2, -0.15) is 15.0 Å². The zero-order valence-corrected chi connectivity index (χ0v) is 16.9. The molecule has 2 heterocycles. The molecule has 0 aliphatic heterocycles. The van der Waals surface area contributed by atoms with Crippen molar-refractivity contribution < 1.29 is 0 Å². The Balaban J connectivity index is 1.83. The summed E-state index contributed by atoms with van der Waals surface area (Å²) in [5.41, 5.74) is 2.98. The second-order valence-corrected chi connectivity index (χ2v) is 7.69. The van der Waals surface area contributed by atoms with Crippen LogP contribution in [0.2, 0.25) is 5.28 Å². The summed E-state index contributed by atoms with van der Waals surface area (Å²) in [4.78, 5) is 13.5. The van der Waals surface area contributed by atoms with E-state index in [1.807, 2.05) is 53.1 Å². The molecule has 5 rings (SSSR count). The molecule has 4 nitrogen and oxygen atoms in total. The number of hydrogen-bond donors (Lipinski definition) is 0. The van der Waals surface area contributed by atoms with Gasteiger partial charge < -0.3 is 0 Å². The van der Waals surface area contributed by atoms with E-state index < -0.39 is 0 Å². The van der Waals surface area contributed by atoms with Crippen molar-refractivity contribution >= 4 is 56.0 Å². The molecule has 5 aromatic rings. The molecule has 0 amide bonds. The van der Waals surface area contributed by atoms with Crippen molar-refractivity contribution in [1.82, 2.24) is 19.5 Å². The van der Waals surface area contributed by atoms with Gasteiger partial charge in [0.2, 0.25) is 11.2 Å². The molecule has 0 radical (unpaired) electrons. The summed E-state index contributed by atoms with van der Waals surface area (Å²) in [6, 6.07) is 24.5. The van der Waals surface area contributed by atoms with E-state index in [0.29, 0.717) is 11.8 Å². The number of rotatable bonds is 2. The number of para-hydroxylation sites is 2. The van der Waals surface area contributed by atoms with Crippen molar-refractivity contribution in [3.8, 4) is 17.3 Å². The average molecular weight is 483 g/mol. The fraction of sp³-hybridized carbons (Fsp3) is 0. The van der Waals surface area contributed by atoms with Crippen molar-refractivity contribution in [3.05, 3.63) is 81.7 Å². The standard InChI is InChI=1S/C21H12ClIN4/c22-20-24-19(13-6-5-7-14(23)12-13)25-21(26-20)27-17-10-3-1-8-15(17)16-9-2-4-11-18(16)27/h1-12H. The van der Waals surface area contributed by atoms with Gasteiger partial charge in [0, 0.05) is 19.9 Å². The van der Waals surface area contributed by atoms with E-state index in [1.54, 1.807) is 0 Å². The lowest BCUT2D eigenvalue weighted by Crippen LogP contribution is -2.04. The van der Waals surface area contributed by atoms with Gasteiger partial charge >= 0.3 is 0 Å². The summed E-state index contributed by atoms with van der Waals surface area (Å²) in [5, 5.41) is 2.48. The number of fused-ring (bicyclic) bond motifs is 3. The lowest BCUT2D eigenvalue weighted by molar-refractivity contribution is 0.947. The molecular weight excluding hydrogens is 471 g/mol. The third kappa shape index (κ3) is 2.87. The number of nitrogens with zero attached hydrogens (tertiary/aromatic N) is 4. The van der Waals surface area contributed by atoms with Crippen LogP contribution in [-0.4, -0.2) is 19.5 Å². The molecule has 0 atom stereocenters. The molecule has 6 heteroatoms. The Hall–Kier alpha value is -2.51. The van der Waals surface area contributed by atoms with Crippen LogP contribution in [0.4, 0.5) is 0 Å². The second-order valence-electron chi connectivity index (χ2n) is 6.11. The molecule has 3 aromatic carbocycles. The second kappa shape index (κ2) is 6.58. The van der Waals surface area contributed by atoms with Gasteiger partial charge in [-0.1, -0.05) is 48.5 Å². The van der Waals surface area contributed by atoms with Crippen LogP contribution in [0, 0.1) is 3.57 Å². The minimum Gasteiger partial charge on any atom is -0.278 e. The highest BCUT2D eigenvalue weighted by molar-refractivity contribution is 14.1.